The van der Waals surface area contributed by atoms with Crippen molar-refractivity contribution < 1.29 is 9.53 Å². The van der Waals surface area contributed by atoms with Crippen molar-refractivity contribution in [3.8, 4) is 5.75 Å². The Labute approximate surface area is 125 Å². The number of carbonyl (C=O) groups excluding carboxylic acids is 1. The van der Waals surface area contributed by atoms with Gasteiger partial charge in [0.15, 0.2) is 0 Å². The van der Waals surface area contributed by atoms with E-state index in [-0.39, 0.29) is 5.91 Å². The summed E-state index contributed by atoms with van der Waals surface area (Å²) in [4.78, 5) is 18.7. The molecule has 0 spiro atoms. The Hall–Kier alpha value is -1.40. The molecule has 3 rings (SSSR count). The molecule has 0 saturated carbocycles. The van der Waals surface area contributed by atoms with Crippen LogP contribution in [0.5, 0.6) is 5.75 Å². The highest BCUT2D eigenvalue weighted by Crippen LogP contribution is 2.40. The third-order valence-electron chi connectivity index (χ3n) is 3.35. The SMILES string of the molecule is COc1c(C(=O)NCc2nc(C)cs2)sc2c1CCC2. The Balaban J connectivity index is 1.74. The number of amides is 1. The number of nitrogens with one attached hydrogen (secondary N) is 1. The van der Waals surface area contributed by atoms with E-state index in [2.05, 4.69) is 10.3 Å². The monoisotopic (exact) mass is 308 g/mol. The number of carbonyl (C=O) groups is 1. The summed E-state index contributed by atoms with van der Waals surface area (Å²) in [5, 5.41) is 5.85. The van der Waals surface area contributed by atoms with E-state index in [1.165, 1.54) is 10.4 Å². The number of nitrogens with zero attached hydrogens (tertiary/aromatic N) is 1. The number of thiophene rings is 1. The lowest BCUT2D eigenvalue weighted by molar-refractivity contribution is 0.0952. The highest BCUT2D eigenvalue weighted by Gasteiger charge is 2.26. The van der Waals surface area contributed by atoms with Crippen LogP contribution >= 0.6 is 22.7 Å². The fraction of sp³-hybridized carbons (Fsp3) is 0.429. The average molecular weight is 308 g/mol. The summed E-state index contributed by atoms with van der Waals surface area (Å²) in [5.41, 5.74) is 2.22. The van der Waals surface area contributed by atoms with Gasteiger partial charge < -0.3 is 10.1 Å². The summed E-state index contributed by atoms with van der Waals surface area (Å²) in [6.45, 7) is 2.43. The molecule has 1 aliphatic rings. The predicted octanol–water partition coefficient (Wildman–Crippen LogP) is 2.94. The van der Waals surface area contributed by atoms with E-state index in [4.69, 9.17) is 4.74 Å². The number of methoxy groups -OCH3 is 1. The molecule has 1 N–H and O–H groups in total. The summed E-state index contributed by atoms with van der Waals surface area (Å²) in [6, 6.07) is 0. The number of hydrogen-bond acceptors (Lipinski definition) is 5. The Morgan fingerprint density at radius 2 is 2.35 bits per heavy atom. The van der Waals surface area contributed by atoms with Crippen molar-refractivity contribution in [3.63, 3.8) is 0 Å². The van der Waals surface area contributed by atoms with Gasteiger partial charge in [0.1, 0.15) is 15.6 Å². The number of rotatable bonds is 4. The zero-order valence-electron chi connectivity index (χ0n) is 11.5. The van der Waals surface area contributed by atoms with Crippen molar-refractivity contribution in [3.05, 3.63) is 31.4 Å². The first-order chi connectivity index (χ1) is 9.69. The largest absolute Gasteiger partial charge is 0.495 e. The second-order valence-corrected chi connectivity index (χ2v) is 6.83. The number of aromatic nitrogens is 1. The maximum Gasteiger partial charge on any atom is 0.265 e. The number of ether oxygens (including phenoxy) is 1. The second-order valence-electron chi connectivity index (χ2n) is 4.79. The first-order valence-corrected chi connectivity index (χ1v) is 8.26. The van der Waals surface area contributed by atoms with Gasteiger partial charge in [-0.1, -0.05) is 0 Å². The van der Waals surface area contributed by atoms with Crippen molar-refractivity contribution in [1.29, 1.82) is 0 Å². The summed E-state index contributed by atoms with van der Waals surface area (Å²) in [5.74, 6) is 0.712. The molecular weight excluding hydrogens is 292 g/mol. The normalized spacial score (nSPS) is 13.3. The Morgan fingerprint density at radius 3 is 3.05 bits per heavy atom. The molecule has 2 aromatic heterocycles. The lowest BCUT2D eigenvalue weighted by Crippen LogP contribution is -2.22. The van der Waals surface area contributed by atoms with Gasteiger partial charge in [0.05, 0.1) is 13.7 Å². The van der Waals surface area contributed by atoms with Crippen LogP contribution in [0.15, 0.2) is 5.38 Å². The molecule has 0 aliphatic heterocycles. The van der Waals surface area contributed by atoms with Crippen LogP contribution in [-0.2, 0) is 19.4 Å². The minimum atomic E-state index is -0.0610. The highest BCUT2D eigenvalue weighted by atomic mass is 32.1. The fourth-order valence-electron chi connectivity index (χ4n) is 2.46. The number of fused-ring (bicyclic) bond motifs is 1. The average Bonchev–Trinajstić information content (AvgIpc) is 3.10. The first kappa shape index (κ1) is 13.6. The van der Waals surface area contributed by atoms with E-state index in [1.807, 2.05) is 12.3 Å². The van der Waals surface area contributed by atoms with Crippen molar-refractivity contribution in [2.45, 2.75) is 32.7 Å². The molecule has 0 saturated heterocycles. The van der Waals surface area contributed by atoms with Gasteiger partial charge in [0.25, 0.3) is 5.91 Å². The lowest BCUT2D eigenvalue weighted by Gasteiger charge is -2.05. The van der Waals surface area contributed by atoms with Gasteiger partial charge in [0.2, 0.25) is 0 Å². The minimum absolute atomic E-state index is 0.0610. The standard InChI is InChI=1S/C14H16N2O2S2/c1-8-7-19-11(16-8)6-15-14(17)13-12(18-2)9-4-3-5-10(9)20-13/h7H,3-6H2,1-2H3,(H,15,17). The summed E-state index contributed by atoms with van der Waals surface area (Å²) >= 11 is 3.13. The summed E-state index contributed by atoms with van der Waals surface area (Å²) in [7, 11) is 1.64. The van der Waals surface area contributed by atoms with Gasteiger partial charge in [-0.15, -0.1) is 22.7 Å². The molecule has 0 bridgehead atoms. The van der Waals surface area contributed by atoms with Gasteiger partial charge in [-0.25, -0.2) is 4.98 Å². The van der Waals surface area contributed by atoms with Crippen molar-refractivity contribution in [2.24, 2.45) is 0 Å². The van der Waals surface area contributed by atoms with E-state index in [0.717, 1.165) is 35.7 Å². The van der Waals surface area contributed by atoms with Crippen molar-refractivity contribution >= 4 is 28.6 Å². The third-order valence-corrected chi connectivity index (χ3v) is 5.59. The third kappa shape index (κ3) is 2.45. The second kappa shape index (κ2) is 5.54. The molecule has 0 unspecified atom stereocenters. The number of thiazole rings is 1. The van der Waals surface area contributed by atoms with Crippen molar-refractivity contribution in [2.75, 3.05) is 7.11 Å². The van der Waals surface area contributed by atoms with E-state index in [1.54, 1.807) is 29.8 Å². The first-order valence-electron chi connectivity index (χ1n) is 6.56. The molecule has 0 atom stereocenters. The van der Waals surface area contributed by atoms with Gasteiger partial charge in [-0.3, -0.25) is 4.79 Å². The van der Waals surface area contributed by atoms with Crippen LogP contribution in [0.25, 0.3) is 0 Å². The zero-order valence-corrected chi connectivity index (χ0v) is 13.1. The van der Waals surface area contributed by atoms with E-state index >= 15 is 0 Å². The molecule has 20 heavy (non-hydrogen) atoms. The molecule has 0 radical (unpaired) electrons. The van der Waals surface area contributed by atoms with Crippen LogP contribution in [0.3, 0.4) is 0 Å². The quantitative estimate of drug-likeness (QED) is 0.945. The fourth-order valence-corrected chi connectivity index (χ4v) is 4.45. The molecule has 1 aliphatic carbocycles. The Bertz CT molecular complexity index is 646. The molecule has 1 amide bonds. The van der Waals surface area contributed by atoms with Crippen LogP contribution < -0.4 is 10.1 Å². The predicted molar refractivity (Wildman–Crippen MR) is 80.9 cm³/mol. The van der Waals surface area contributed by atoms with Crippen LogP contribution in [0.1, 0.15) is 37.2 Å². The maximum absolute atomic E-state index is 12.3. The zero-order chi connectivity index (χ0) is 14.1. The minimum Gasteiger partial charge on any atom is -0.495 e. The van der Waals surface area contributed by atoms with Crippen LogP contribution in [0.4, 0.5) is 0 Å². The maximum atomic E-state index is 12.3. The van der Waals surface area contributed by atoms with E-state index in [9.17, 15) is 4.79 Å². The molecule has 2 heterocycles. The van der Waals surface area contributed by atoms with Crippen LogP contribution in [-0.4, -0.2) is 18.0 Å². The van der Waals surface area contributed by atoms with Crippen LogP contribution in [0.2, 0.25) is 0 Å². The summed E-state index contributed by atoms with van der Waals surface area (Å²) in [6.07, 6.45) is 3.25. The van der Waals surface area contributed by atoms with E-state index < -0.39 is 0 Å². The Morgan fingerprint density at radius 1 is 1.50 bits per heavy atom. The molecular formula is C14H16N2O2S2. The number of hydrogen-bond donors (Lipinski definition) is 1. The molecule has 4 nitrogen and oxygen atoms in total. The van der Waals surface area contributed by atoms with Gasteiger partial charge >= 0.3 is 0 Å². The Kier molecular flexibility index (Phi) is 3.76. The lowest BCUT2D eigenvalue weighted by atomic mass is 10.2. The molecule has 0 fully saturated rings. The number of aryl methyl sites for hydroxylation is 2. The summed E-state index contributed by atoms with van der Waals surface area (Å²) < 4.78 is 5.44. The molecule has 6 heteroatoms. The van der Waals surface area contributed by atoms with E-state index in [0.29, 0.717) is 11.4 Å². The molecule has 106 valence electrons. The molecule has 2 aromatic rings. The van der Waals surface area contributed by atoms with Crippen LogP contribution in [0, 0.1) is 6.92 Å². The smallest absolute Gasteiger partial charge is 0.265 e. The highest BCUT2D eigenvalue weighted by molar-refractivity contribution is 7.14. The van der Waals surface area contributed by atoms with Crippen molar-refractivity contribution in [1.82, 2.24) is 10.3 Å². The van der Waals surface area contributed by atoms with Gasteiger partial charge in [-0.2, -0.15) is 0 Å². The van der Waals surface area contributed by atoms with Gasteiger partial charge in [0, 0.05) is 21.5 Å². The molecule has 0 aromatic carbocycles. The topological polar surface area (TPSA) is 51.2 Å². The van der Waals surface area contributed by atoms with Gasteiger partial charge in [-0.05, 0) is 26.2 Å².